The van der Waals surface area contributed by atoms with Gasteiger partial charge in [-0.25, -0.2) is 0 Å². The van der Waals surface area contributed by atoms with Gasteiger partial charge in [0, 0.05) is 20.3 Å². The van der Waals surface area contributed by atoms with Crippen LogP contribution in [-0.4, -0.2) is 6.54 Å². The molecule has 0 saturated heterocycles. The predicted octanol–water partition coefficient (Wildman–Crippen LogP) is 4.64. The van der Waals surface area contributed by atoms with Gasteiger partial charge in [0.25, 0.3) is 0 Å². The molecule has 0 spiro atoms. The lowest BCUT2D eigenvalue weighted by Crippen LogP contribution is -1.97. The Morgan fingerprint density at radius 1 is 1.20 bits per heavy atom. The summed E-state index contributed by atoms with van der Waals surface area (Å²) in [5, 5.41) is 5.88. The minimum atomic E-state index is 0.939. The molecular formula is C12H11BrIN. The molecule has 0 unspecified atom stereocenters. The van der Waals surface area contributed by atoms with Crippen LogP contribution in [-0.2, 0) is 0 Å². The number of hydrogen-bond donors (Lipinski definition) is 1. The van der Waals surface area contributed by atoms with Crippen molar-refractivity contribution in [2.24, 2.45) is 0 Å². The lowest BCUT2D eigenvalue weighted by molar-refractivity contribution is 1.21. The van der Waals surface area contributed by atoms with Gasteiger partial charge in [-0.05, 0) is 80.5 Å². The highest BCUT2D eigenvalue weighted by molar-refractivity contribution is 14.1. The molecule has 1 N–H and O–H groups in total. The van der Waals surface area contributed by atoms with Crippen LogP contribution in [0.4, 0.5) is 5.69 Å². The van der Waals surface area contributed by atoms with E-state index in [1.165, 1.54) is 14.3 Å². The van der Waals surface area contributed by atoms with E-state index in [-0.39, 0.29) is 0 Å². The minimum absolute atomic E-state index is 0.939. The fourth-order valence-electron chi connectivity index (χ4n) is 1.57. The summed E-state index contributed by atoms with van der Waals surface area (Å²) in [6.45, 7) is 3.04. The van der Waals surface area contributed by atoms with Crippen molar-refractivity contribution in [1.82, 2.24) is 0 Å². The fraction of sp³-hybridized carbons (Fsp3) is 0.167. The lowest BCUT2D eigenvalue weighted by atomic mass is 10.1. The third-order valence-corrected chi connectivity index (χ3v) is 3.58. The summed E-state index contributed by atoms with van der Waals surface area (Å²) in [6, 6.07) is 10.8. The minimum Gasteiger partial charge on any atom is -0.384 e. The van der Waals surface area contributed by atoms with Crippen molar-refractivity contribution in [3.8, 4) is 0 Å². The Balaban J connectivity index is 2.60. The van der Waals surface area contributed by atoms with E-state index in [2.05, 4.69) is 81.1 Å². The van der Waals surface area contributed by atoms with E-state index in [0.717, 1.165) is 16.7 Å². The van der Waals surface area contributed by atoms with Crippen LogP contribution in [0.15, 0.2) is 34.8 Å². The van der Waals surface area contributed by atoms with Crippen LogP contribution in [0.25, 0.3) is 10.8 Å². The Kier molecular flexibility index (Phi) is 3.51. The molecule has 0 aromatic heterocycles. The van der Waals surface area contributed by atoms with E-state index in [1.807, 2.05) is 0 Å². The van der Waals surface area contributed by atoms with Crippen LogP contribution < -0.4 is 5.32 Å². The first-order valence-electron chi connectivity index (χ1n) is 4.83. The fourth-order valence-corrected chi connectivity index (χ4v) is 2.58. The summed E-state index contributed by atoms with van der Waals surface area (Å²) in [5.41, 5.74) is 1.16. The Morgan fingerprint density at radius 2 is 2.00 bits per heavy atom. The molecule has 0 aliphatic carbocycles. The topological polar surface area (TPSA) is 12.0 Å². The number of fused-ring (bicyclic) bond motifs is 1. The van der Waals surface area contributed by atoms with Gasteiger partial charge >= 0.3 is 0 Å². The van der Waals surface area contributed by atoms with Crippen LogP contribution in [0.1, 0.15) is 6.92 Å². The largest absolute Gasteiger partial charge is 0.384 e. The summed E-state index contributed by atoms with van der Waals surface area (Å²) in [5.74, 6) is 0. The molecule has 0 fully saturated rings. The quantitative estimate of drug-likeness (QED) is 0.754. The number of rotatable bonds is 2. The Morgan fingerprint density at radius 3 is 2.73 bits per heavy atom. The van der Waals surface area contributed by atoms with E-state index in [0.29, 0.717) is 0 Å². The van der Waals surface area contributed by atoms with Gasteiger partial charge in [0.1, 0.15) is 0 Å². The molecule has 78 valence electrons. The maximum absolute atomic E-state index is 3.58. The molecule has 2 aromatic rings. The number of anilines is 1. The second-order valence-corrected chi connectivity index (χ2v) is 5.45. The molecule has 0 aliphatic rings. The highest BCUT2D eigenvalue weighted by Gasteiger charge is 2.01. The summed E-state index contributed by atoms with van der Waals surface area (Å²) < 4.78 is 2.39. The number of nitrogens with one attached hydrogen (secondary N) is 1. The molecule has 0 bridgehead atoms. The molecular weight excluding hydrogens is 365 g/mol. The van der Waals surface area contributed by atoms with Crippen molar-refractivity contribution in [1.29, 1.82) is 0 Å². The van der Waals surface area contributed by atoms with Gasteiger partial charge < -0.3 is 5.32 Å². The lowest BCUT2D eigenvalue weighted by Gasteiger charge is -2.08. The first kappa shape index (κ1) is 11.2. The van der Waals surface area contributed by atoms with Crippen molar-refractivity contribution >= 4 is 55.0 Å². The van der Waals surface area contributed by atoms with E-state index >= 15 is 0 Å². The van der Waals surface area contributed by atoms with Crippen molar-refractivity contribution in [2.75, 3.05) is 11.9 Å². The summed E-state index contributed by atoms with van der Waals surface area (Å²) in [6.07, 6.45) is 0. The number of benzene rings is 2. The van der Waals surface area contributed by atoms with Crippen LogP contribution in [0.2, 0.25) is 0 Å². The zero-order chi connectivity index (χ0) is 10.8. The smallest absolute Gasteiger partial charge is 0.0490 e. The SMILES string of the molecule is CCNc1cc2ccc(I)cc2cc1Br. The normalized spacial score (nSPS) is 10.6. The van der Waals surface area contributed by atoms with Crippen LogP contribution in [0.3, 0.4) is 0 Å². The molecule has 0 amide bonds. The molecule has 0 saturated carbocycles. The van der Waals surface area contributed by atoms with Crippen molar-refractivity contribution in [3.05, 3.63) is 38.4 Å². The Bertz CT molecular complexity index is 496. The maximum atomic E-state index is 3.58. The predicted molar refractivity (Wildman–Crippen MR) is 78.5 cm³/mol. The van der Waals surface area contributed by atoms with Crippen LogP contribution in [0.5, 0.6) is 0 Å². The first-order valence-corrected chi connectivity index (χ1v) is 6.70. The second kappa shape index (κ2) is 4.70. The molecule has 1 nitrogen and oxygen atoms in total. The molecule has 0 aliphatic heterocycles. The molecule has 0 atom stereocenters. The van der Waals surface area contributed by atoms with Crippen molar-refractivity contribution < 1.29 is 0 Å². The standard InChI is InChI=1S/C12H11BrIN/c1-2-15-12-7-8-3-4-10(14)5-9(8)6-11(12)13/h3-7,15H,2H2,1H3. The van der Waals surface area contributed by atoms with Crippen molar-refractivity contribution in [2.45, 2.75) is 6.92 Å². The number of hydrogen-bond acceptors (Lipinski definition) is 1. The van der Waals surface area contributed by atoms with E-state index in [9.17, 15) is 0 Å². The third kappa shape index (κ3) is 2.45. The third-order valence-electron chi connectivity index (χ3n) is 2.26. The van der Waals surface area contributed by atoms with Crippen LogP contribution >= 0.6 is 38.5 Å². The molecule has 0 heterocycles. The van der Waals surface area contributed by atoms with Gasteiger partial charge in [0.15, 0.2) is 0 Å². The molecule has 2 aromatic carbocycles. The second-order valence-electron chi connectivity index (χ2n) is 3.35. The monoisotopic (exact) mass is 375 g/mol. The van der Waals surface area contributed by atoms with Gasteiger partial charge in [-0.3, -0.25) is 0 Å². The van der Waals surface area contributed by atoms with E-state index in [1.54, 1.807) is 0 Å². The Hall–Kier alpha value is -0.290. The van der Waals surface area contributed by atoms with Gasteiger partial charge in [-0.2, -0.15) is 0 Å². The summed E-state index contributed by atoms with van der Waals surface area (Å²) >= 11 is 5.91. The highest BCUT2D eigenvalue weighted by Crippen LogP contribution is 2.29. The van der Waals surface area contributed by atoms with Crippen molar-refractivity contribution in [3.63, 3.8) is 0 Å². The molecule has 0 radical (unpaired) electrons. The highest BCUT2D eigenvalue weighted by atomic mass is 127. The zero-order valence-corrected chi connectivity index (χ0v) is 12.1. The van der Waals surface area contributed by atoms with E-state index in [4.69, 9.17) is 0 Å². The van der Waals surface area contributed by atoms with Gasteiger partial charge in [-0.15, -0.1) is 0 Å². The zero-order valence-electron chi connectivity index (χ0n) is 8.35. The van der Waals surface area contributed by atoms with Gasteiger partial charge in [-0.1, -0.05) is 6.07 Å². The molecule has 15 heavy (non-hydrogen) atoms. The van der Waals surface area contributed by atoms with Gasteiger partial charge in [0.05, 0.1) is 0 Å². The average molecular weight is 376 g/mol. The first-order chi connectivity index (χ1) is 7.20. The maximum Gasteiger partial charge on any atom is 0.0490 e. The Labute approximate surface area is 112 Å². The van der Waals surface area contributed by atoms with E-state index < -0.39 is 0 Å². The summed E-state index contributed by atoms with van der Waals surface area (Å²) in [4.78, 5) is 0. The van der Waals surface area contributed by atoms with Gasteiger partial charge in [0.2, 0.25) is 0 Å². The number of halogens is 2. The molecule has 3 heteroatoms. The molecule has 2 rings (SSSR count). The summed E-state index contributed by atoms with van der Waals surface area (Å²) in [7, 11) is 0. The average Bonchev–Trinajstić information content (AvgIpc) is 2.20. The van der Waals surface area contributed by atoms with Crippen LogP contribution in [0, 0.1) is 3.57 Å².